The Morgan fingerprint density at radius 2 is 0.613 bits per heavy atom. The van der Waals surface area contributed by atoms with E-state index in [2.05, 4.69) is 122 Å². The van der Waals surface area contributed by atoms with Gasteiger partial charge in [-0.05, 0) is 69.0 Å². The first kappa shape index (κ1) is 59.4. The summed E-state index contributed by atoms with van der Waals surface area (Å²) in [5, 5.41) is 4.54. The van der Waals surface area contributed by atoms with Crippen LogP contribution in [0.25, 0.3) is 135 Å². The smallest absolute Gasteiger partial charge is 0.399 e. The van der Waals surface area contributed by atoms with Crippen molar-refractivity contribution < 1.29 is 9.31 Å². The summed E-state index contributed by atoms with van der Waals surface area (Å²) in [6.45, 7) is 8.29. The summed E-state index contributed by atoms with van der Waals surface area (Å²) < 4.78 is 16.5. The topological polar surface area (TPSA) is 156 Å². The van der Waals surface area contributed by atoms with Crippen molar-refractivity contribution in [3.63, 3.8) is 0 Å². The van der Waals surface area contributed by atoms with Gasteiger partial charge in [0.15, 0.2) is 40.4 Å². The molecular weight excluding hydrogens is 1170 g/mol. The Balaban J connectivity index is 0.000000128. The molecule has 0 saturated carbocycles. The normalized spacial score (nSPS) is 13.2. The lowest BCUT2D eigenvalue weighted by molar-refractivity contribution is 0.00578. The number of pyridine rings is 4. The van der Waals surface area contributed by atoms with E-state index in [1.54, 1.807) is 0 Å². The summed E-state index contributed by atoms with van der Waals surface area (Å²) in [6, 6.07) is 84.8. The molecule has 450 valence electrons. The van der Waals surface area contributed by atoms with Crippen molar-refractivity contribution in [3.05, 3.63) is 272 Å². The van der Waals surface area contributed by atoms with Crippen LogP contribution in [0.1, 0.15) is 35.1 Å². The van der Waals surface area contributed by atoms with E-state index in [9.17, 15) is 0 Å². The zero-order chi connectivity index (χ0) is 62.3. The van der Waals surface area contributed by atoms with E-state index < -0.39 is 0 Å². The van der Waals surface area contributed by atoms with E-state index >= 15 is 0 Å². The fourth-order valence-corrected chi connectivity index (χ4v) is 11.5. The molecule has 93 heavy (non-hydrogen) atoms. The van der Waals surface area contributed by atoms with Gasteiger partial charge in [0.1, 0.15) is 22.3 Å². The average molecular weight is 1230 g/mol. The molecule has 8 aromatic carbocycles. The third-order valence-electron chi connectivity index (χ3n) is 16.8. The van der Waals surface area contributed by atoms with Crippen LogP contribution in [0.3, 0.4) is 0 Å². The number of hydrogen-bond donors (Lipinski definition) is 0. The minimum Gasteiger partial charge on any atom is -0.399 e. The Labute approximate surface area is 542 Å². The maximum atomic E-state index is 6.21. The molecule has 0 amide bonds. The van der Waals surface area contributed by atoms with Gasteiger partial charge in [-0.2, -0.15) is 9.97 Å². The molecule has 16 heteroatoms. The second-order valence-electron chi connectivity index (χ2n) is 23.2. The second kappa shape index (κ2) is 24.9. The van der Waals surface area contributed by atoms with Gasteiger partial charge in [0.25, 0.3) is 0 Å². The van der Waals surface area contributed by atoms with Gasteiger partial charge in [-0.1, -0.05) is 238 Å². The molecule has 0 radical (unpaired) electrons. The molecule has 1 fully saturated rings. The number of hydrogen-bond acceptors (Lipinski definition) is 12. The summed E-state index contributed by atoms with van der Waals surface area (Å²) in [7, 11) is -0.375. The third-order valence-corrected chi connectivity index (χ3v) is 17.0. The molecule has 0 bridgehead atoms. The highest BCUT2D eigenvalue weighted by Gasteiger charge is 2.51. The Morgan fingerprint density at radius 3 is 0.989 bits per heavy atom. The molecule has 8 aromatic heterocycles. The van der Waals surface area contributed by atoms with Crippen LogP contribution < -0.4 is 5.46 Å². The SMILES string of the molecule is C.CC1(C)OB(c2ccc(-c3nc4c(nc5ccccn54)c4ccccc34)cc2)OC1(C)C.Clc1nc(-c2ccccc2)nc(-c2ccccc2)n1.c1ccc(-c2nc(-c3ccccc3)nc(-c3ccc(-c4nc5c(nc6ccccn65)c5ccccc45)cc3)n2)cc1. The van der Waals surface area contributed by atoms with Gasteiger partial charge in [0.2, 0.25) is 5.28 Å². The highest BCUT2D eigenvalue weighted by molar-refractivity contribution is 6.62. The van der Waals surface area contributed by atoms with Crippen molar-refractivity contribution in [1.29, 1.82) is 0 Å². The van der Waals surface area contributed by atoms with Crippen LogP contribution in [0.4, 0.5) is 0 Å². The lowest BCUT2D eigenvalue weighted by atomic mass is 9.78. The van der Waals surface area contributed by atoms with E-state index in [0.717, 1.165) is 111 Å². The molecule has 0 N–H and O–H groups in total. The van der Waals surface area contributed by atoms with Crippen molar-refractivity contribution >= 4 is 79.3 Å². The fraction of sp³-hybridized carbons (Fsp3) is 0.0909. The van der Waals surface area contributed by atoms with Crippen LogP contribution in [0.15, 0.2) is 267 Å². The van der Waals surface area contributed by atoms with Gasteiger partial charge in [-0.25, -0.2) is 39.9 Å². The van der Waals surface area contributed by atoms with Gasteiger partial charge in [-0.3, -0.25) is 8.80 Å². The summed E-state index contributed by atoms with van der Waals surface area (Å²) in [5.41, 5.74) is 14.2. The first-order valence-electron chi connectivity index (χ1n) is 30.3. The maximum absolute atomic E-state index is 6.21. The standard InChI is InChI=1S/C35H22N6.C26H24BN3O2.C15H10ClN3.CH4/c1-3-11-24(12-4-1)32-38-33(25-13-5-2-6-14-25)40-34(39-32)26-20-18-23(19-21-26)30-27-15-7-8-16-28(27)31-35(37-30)41-22-10-9-17-29(41)36-31;1-25(2)26(3,4)32-27(31-25)18-14-12-17(13-15-18)22-19-9-5-6-10-20(19)23-24(29-22)30-16-8-7-11-21(30)28-23;16-15-18-13(11-7-3-1-4-8-11)17-14(19-15)12-9-5-2-6-10-12;/h1-22H;5-16H,1-4H3;1-10H;1H4. The van der Waals surface area contributed by atoms with Crippen LogP contribution in [-0.4, -0.2) is 77.0 Å². The number of benzene rings is 8. The first-order chi connectivity index (χ1) is 45.0. The summed E-state index contributed by atoms with van der Waals surface area (Å²) in [4.78, 5) is 47.3. The Kier molecular flexibility index (Phi) is 15.9. The monoisotopic (exact) mass is 1230 g/mol. The molecule has 0 atom stereocenters. The summed E-state index contributed by atoms with van der Waals surface area (Å²) in [6.07, 6.45) is 4.02. The first-order valence-corrected chi connectivity index (χ1v) is 30.6. The number of rotatable bonds is 8. The van der Waals surface area contributed by atoms with E-state index in [-0.39, 0.29) is 31.0 Å². The number of fused-ring (bicyclic) bond motifs is 10. The lowest BCUT2D eigenvalue weighted by Crippen LogP contribution is -2.41. The molecule has 16 aromatic rings. The van der Waals surface area contributed by atoms with Crippen molar-refractivity contribution in [1.82, 2.24) is 58.6 Å². The zero-order valence-electron chi connectivity index (χ0n) is 50.5. The predicted molar refractivity (Wildman–Crippen MR) is 375 cm³/mol. The molecule has 14 nitrogen and oxygen atoms in total. The van der Waals surface area contributed by atoms with Gasteiger partial charge in [-0.15, -0.1) is 0 Å². The number of halogens is 1. The highest BCUT2D eigenvalue weighted by atomic mass is 35.5. The predicted octanol–water partition coefficient (Wildman–Crippen LogP) is 17.4. The Morgan fingerprint density at radius 1 is 0.312 bits per heavy atom. The van der Waals surface area contributed by atoms with Crippen LogP contribution in [0.5, 0.6) is 0 Å². The minimum absolute atomic E-state index is 0. The van der Waals surface area contributed by atoms with Crippen LogP contribution in [0, 0.1) is 0 Å². The summed E-state index contributed by atoms with van der Waals surface area (Å²) in [5.74, 6) is 3.08. The second-order valence-corrected chi connectivity index (χ2v) is 23.6. The zero-order valence-corrected chi connectivity index (χ0v) is 51.3. The van der Waals surface area contributed by atoms with Gasteiger partial charge >= 0.3 is 7.12 Å². The molecule has 1 saturated heterocycles. The third kappa shape index (κ3) is 11.6. The molecule has 1 aliphatic rings. The Hall–Kier alpha value is -11.2. The van der Waals surface area contributed by atoms with Gasteiger partial charge in [0.05, 0.1) is 22.6 Å². The lowest BCUT2D eigenvalue weighted by Gasteiger charge is -2.32. The van der Waals surface area contributed by atoms with Crippen molar-refractivity contribution in [2.45, 2.75) is 46.3 Å². The maximum Gasteiger partial charge on any atom is 0.494 e. The number of aromatic nitrogens is 12. The molecule has 0 spiro atoms. The van der Waals surface area contributed by atoms with E-state index in [4.69, 9.17) is 55.8 Å². The van der Waals surface area contributed by atoms with Crippen molar-refractivity contribution in [3.8, 4) is 79.5 Å². The van der Waals surface area contributed by atoms with E-state index in [1.807, 2.05) is 197 Å². The fourth-order valence-electron chi connectivity index (χ4n) is 11.4. The van der Waals surface area contributed by atoms with E-state index in [0.29, 0.717) is 29.1 Å². The molecule has 9 heterocycles. The van der Waals surface area contributed by atoms with Crippen LogP contribution in [-0.2, 0) is 9.31 Å². The molecule has 0 unspecified atom stereocenters. The highest BCUT2D eigenvalue weighted by Crippen LogP contribution is 2.39. The molecule has 1 aliphatic heterocycles. The van der Waals surface area contributed by atoms with Crippen molar-refractivity contribution in [2.75, 3.05) is 0 Å². The van der Waals surface area contributed by atoms with Crippen LogP contribution in [0.2, 0.25) is 5.28 Å². The number of imidazole rings is 2. The quantitative estimate of drug-likeness (QED) is 0.133. The minimum atomic E-state index is -0.375. The van der Waals surface area contributed by atoms with Gasteiger partial charge < -0.3 is 9.31 Å². The van der Waals surface area contributed by atoms with E-state index in [1.165, 1.54) is 0 Å². The largest absolute Gasteiger partial charge is 0.494 e. The Bertz CT molecular complexity index is 5240. The van der Waals surface area contributed by atoms with Gasteiger partial charge in [0, 0.05) is 72.9 Å². The van der Waals surface area contributed by atoms with Crippen LogP contribution >= 0.6 is 11.6 Å². The average Bonchev–Trinajstić information content (AvgIpc) is 1.70. The number of nitrogens with zero attached hydrogens (tertiary/aromatic N) is 12. The molecule has 0 aliphatic carbocycles. The molecular formula is C77H60BClN12O2. The summed E-state index contributed by atoms with van der Waals surface area (Å²) >= 11 is 5.99. The van der Waals surface area contributed by atoms with Crippen molar-refractivity contribution in [2.24, 2.45) is 0 Å². The molecule has 17 rings (SSSR count).